The molecule has 6 heteroatoms. The SMILES string of the molecule is C=CC(=O)OCOc1ccc(C(=O)Oc2ccc(-c3ccc(C#CCC(=O)C(=C)C)cc3)cc2)cc1. The largest absolute Gasteiger partial charge is 0.457 e. The third kappa shape index (κ3) is 7.57. The van der Waals surface area contributed by atoms with Gasteiger partial charge in [0.25, 0.3) is 0 Å². The smallest absolute Gasteiger partial charge is 0.343 e. The second kappa shape index (κ2) is 12.5. The van der Waals surface area contributed by atoms with E-state index in [1.54, 1.807) is 43.3 Å². The number of ether oxygens (including phenoxy) is 3. The van der Waals surface area contributed by atoms with E-state index < -0.39 is 11.9 Å². The van der Waals surface area contributed by atoms with Crippen LogP contribution < -0.4 is 9.47 Å². The van der Waals surface area contributed by atoms with E-state index in [2.05, 4.69) is 25.0 Å². The van der Waals surface area contributed by atoms with E-state index in [9.17, 15) is 14.4 Å². The zero-order valence-corrected chi connectivity index (χ0v) is 19.8. The number of rotatable bonds is 9. The maximum atomic E-state index is 12.4. The summed E-state index contributed by atoms with van der Waals surface area (Å²) in [7, 11) is 0. The lowest BCUT2D eigenvalue weighted by Crippen LogP contribution is -2.09. The summed E-state index contributed by atoms with van der Waals surface area (Å²) in [6.07, 6.45) is 1.20. The molecule has 0 bridgehead atoms. The first-order valence-electron chi connectivity index (χ1n) is 11.0. The normalized spacial score (nSPS) is 9.81. The Kier molecular flexibility index (Phi) is 8.96. The molecule has 0 saturated heterocycles. The summed E-state index contributed by atoms with van der Waals surface area (Å²) >= 11 is 0. The molecule has 0 heterocycles. The Bertz CT molecular complexity index is 1320. The number of ketones is 1. The topological polar surface area (TPSA) is 78.9 Å². The van der Waals surface area contributed by atoms with Crippen LogP contribution in [0.1, 0.15) is 29.3 Å². The van der Waals surface area contributed by atoms with E-state index in [1.807, 2.05) is 36.4 Å². The average molecular weight is 481 g/mol. The molecule has 0 N–H and O–H groups in total. The van der Waals surface area contributed by atoms with Crippen molar-refractivity contribution in [1.82, 2.24) is 0 Å². The molecule has 0 amide bonds. The number of Topliss-reactive ketones (excluding diaryl/α,β-unsaturated/α-hetero) is 1. The number of esters is 2. The number of hydrogen-bond donors (Lipinski definition) is 0. The fourth-order valence-corrected chi connectivity index (χ4v) is 2.91. The zero-order valence-electron chi connectivity index (χ0n) is 19.8. The number of hydrogen-bond acceptors (Lipinski definition) is 6. The van der Waals surface area contributed by atoms with Crippen LogP contribution in [0.5, 0.6) is 11.5 Å². The van der Waals surface area contributed by atoms with Crippen molar-refractivity contribution in [2.45, 2.75) is 13.3 Å². The molecule has 3 rings (SSSR count). The minimum absolute atomic E-state index is 0.0605. The number of benzene rings is 3. The zero-order chi connectivity index (χ0) is 25.9. The van der Waals surface area contributed by atoms with Gasteiger partial charge in [0.05, 0.1) is 12.0 Å². The lowest BCUT2D eigenvalue weighted by atomic mass is 10.0. The second-order valence-electron chi connectivity index (χ2n) is 7.63. The quantitative estimate of drug-likeness (QED) is 0.132. The van der Waals surface area contributed by atoms with Crippen LogP contribution in [-0.4, -0.2) is 24.5 Å². The highest BCUT2D eigenvalue weighted by Gasteiger charge is 2.09. The van der Waals surface area contributed by atoms with Crippen molar-refractivity contribution < 1.29 is 28.6 Å². The van der Waals surface area contributed by atoms with Gasteiger partial charge in [-0.2, -0.15) is 0 Å². The molecule has 0 radical (unpaired) electrons. The van der Waals surface area contributed by atoms with Gasteiger partial charge in [-0.1, -0.05) is 49.3 Å². The van der Waals surface area contributed by atoms with Crippen LogP contribution in [0.3, 0.4) is 0 Å². The molecule has 3 aromatic rings. The van der Waals surface area contributed by atoms with Gasteiger partial charge in [-0.3, -0.25) is 4.79 Å². The summed E-state index contributed by atoms with van der Waals surface area (Å²) in [5.41, 5.74) is 3.59. The second-order valence-corrected chi connectivity index (χ2v) is 7.63. The van der Waals surface area contributed by atoms with E-state index in [0.29, 0.717) is 22.6 Å². The maximum absolute atomic E-state index is 12.4. The summed E-state index contributed by atoms with van der Waals surface area (Å²) in [5, 5.41) is 0. The molecule has 0 atom stereocenters. The number of carbonyl (C=O) groups excluding carboxylic acids is 3. The molecule has 180 valence electrons. The summed E-state index contributed by atoms with van der Waals surface area (Å²) in [6.45, 7) is 8.33. The maximum Gasteiger partial charge on any atom is 0.343 e. The van der Waals surface area contributed by atoms with Gasteiger partial charge >= 0.3 is 11.9 Å². The Hall–Kier alpha value is -4.89. The predicted molar refractivity (Wildman–Crippen MR) is 136 cm³/mol. The first-order valence-corrected chi connectivity index (χ1v) is 11.0. The van der Waals surface area contributed by atoms with Gasteiger partial charge in [0.15, 0.2) is 5.78 Å². The first kappa shape index (κ1) is 25.7. The van der Waals surface area contributed by atoms with Crippen molar-refractivity contribution in [3.05, 3.63) is 109 Å². The Morgan fingerprint density at radius 1 is 0.861 bits per heavy atom. The highest BCUT2D eigenvalue weighted by Crippen LogP contribution is 2.23. The lowest BCUT2D eigenvalue weighted by molar-refractivity contribution is -0.144. The minimum Gasteiger partial charge on any atom is -0.457 e. The standard InChI is InChI=1S/C30H24O6/c1-4-29(32)35-20-34-26-16-14-25(15-17-26)30(33)36-27-18-12-24(13-19-27)23-10-8-22(9-11-23)6-5-7-28(31)21(2)3/h4,8-19H,1-2,7,20H2,3H3. The highest BCUT2D eigenvalue weighted by molar-refractivity contribution is 5.95. The lowest BCUT2D eigenvalue weighted by Gasteiger charge is -2.08. The van der Waals surface area contributed by atoms with Crippen LogP contribution in [0.2, 0.25) is 0 Å². The van der Waals surface area contributed by atoms with Crippen LogP contribution >= 0.6 is 0 Å². The molecular weight excluding hydrogens is 456 g/mol. The van der Waals surface area contributed by atoms with Gasteiger partial charge < -0.3 is 14.2 Å². The molecule has 3 aromatic carbocycles. The van der Waals surface area contributed by atoms with Crippen molar-refractivity contribution in [2.75, 3.05) is 6.79 Å². The third-order valence-corrected chi connectivity index (χ3v) is 4.92. The summed E-state index contributed by atoms with van der Waals surface area (Å²) in [6, 6.07) is 21.1. The number of allylic oxidation sites excluding steroid dienone is 1. The molecule has 0 unspecified atom stereocenters. The molecule has 0 saturated carbocycles. The van der Waals surface area contributed by atoms with Gasteiger partial charge in [-0.15, -0.1) is 0 Å². The van der Waals surface area contributed by atoms with Crippen molar-refractivity contribution in [3.8, 4) is 34.5 Å². The van der Waals surface area contributed by atoms with Gasteiger partial charge in [0.1, 0.15) is 11.5 Å². The van der Waals surface area contributed by atoms with Crippen LogP contribution in [0, 0.1) is 11.8 Å². The molecule has 36 heavy (non-hydrogen) atoms. The average Bonchev–Trinajstić information content (AvgIpc) is 2.89. The first-order chi connectivity index (χ1) is 17.4. The van der Waals surface area contributed by atoms with E-state index in [4.69, 9.17) is 14.2 Å². The Morgan fingerprint density at radius 3 is 2.03 bits per heavy atom. The van der Waals surface area contributed by atoms with Crippen LogP contribution in [0.25, 0.3) is 11.1 Å². The molecule has 0 spiro atoms. The molecule has 6 nitrogen and oxygen atoms in total. The summed E-state index contributed by atoms with van der Waals surface area (Å²) in [4.78, 5) is 35.0. The molecule has 0 aliphatic carbocycles. The van der Waals surface area contributed by atoms with Crippen LogP contribution in [0.4, 0.5) is 0 Å². The Morgan fingerprint density at radius 2 is 1.44 bits per heavy atom. The fourth-order valence-electron chi connectivity index (χ4n) is 2.91. The van der Waals surface area contributed by atoms with Gasteiger partial charge in [0, 0.05) is 11.6 Å². The monoisotopic (exact) mass is 480 g/mol. The van der Waals surface area contributed by atoms with E-state index in [0.717, 1.165) is 22.8 Å². The molecule has 0 aliphatic rings. The van der Waals surface area contributed by atoms with E-state index in [-0.39, 0.29) is 19.0 Å². The Balaban J connectivity index is 1.55. The van der Waals surface area contributed by atoms with E-state index >= 15 is 0 Å². The van der Waals surface area contributed by atoms with E-state index in [1.165, 1.54) is 0 Å². The van der Waals surface area contributed by atoms with Gasteiger partial charge in [-0.25, -0.2) is 9.59 Å². The highest BCUT2D eigenvalue weighted by atomic mass is 16.7. The molecule has 0 fully saturated rings. The molecule has 0 aliphatic heterocycles. The summed E-state index contributed by atoms with van der Waals surface area (Å²) in [5.74, 6) is 5.52. The van der Waals surface area contributed by atoms with Gasteiger partial charge in [-0.05, 0) is 72.2 Å². The van der Waals surface area contributed by atoms with Crippen LogP contribution in [0.15, 0.2) is 97.6 Å². The van der Waals surface area contributed by atoms with Crippen molar-refractivity contribution in [2.24, 2.45) is 0 Å². The van der Waals surface area contributed by atoms with Crippen molar-refractivity contribution in [1.29, 1.82) is 0 Å². The van der Waals surface area contributed by atoms with Crippen molar-refractivity contribution in [3.63, 3.8) is 0 Å². The summed E-state index contributed by atoms with van der Waals surface area (Å²) < 4.78 is 15.4. The van der Waals surface area contributed by atoms with Gasteiger partial charge in [0.2, 0.25) is 6.79 Å². The molecular formula is C30H24O6. The third-order valence-electron chi connectivity index (χ3n) is 4.92. The predicted octanol–water partition coefficient (Wildman–Crippen LogP) is 5.53. The number of carbonyl (C=O) groups is 3. The van der Waals surface area contributed by atoms with Crippen LogP contribution in [-0.2, 0) is 14.3 Å². The van der Waals surface area contributed by atoms with Crippen molar-refractivity contribution >= 4 is 17.7 Å². The molecule has 0 aromatic heterocycles. The Labute approximate surface area is 209 Å². The minimum atomic E-state index is -0.587. The fraction of sp³-hybridized carbons (Fsp3) is 0.100.